The van der Waals surface area contributed by atoms with E-state index in [0.29, 0.717) is 10.2 Å². The van der Waals surface area contributed by atoms with Gasteiger partial charge in [0.1, 0.15) is 12.2 Å². The Morgan fingerprint density at radius 3 is 3.00 bits per heavy atom. The zero-order chi connectivity index (χ0) is 9.84. The summed E-state index contributed by atoms with van der Waals surface area (Å²) >= 11 is 6.85. The molecule has 0 radical (unpaired) electrons. The van der Waals surface area contributed by atoms with Crippen molar-refractivity contribution < 1.29 is 4.79 Å². The Hall–Kier alpha value is -1.12. The highest BCUT2D eigenvalue weighted by Crippen LogP contribution is 2.21. The normalized spacial score (nSPS) is 9.31. The van der Waals surface area contributed by atoms with Crippen LogP contribution in [0, 0.1) is 18.3 Å². The molecule has 6 heteroatoms. The number of nitrogens with zero attached hydrogens (tertiary/aromatic N) is 2. The highest BCUT2D eigenvalue weighted by atomic mass is 35.5. The van der Waals surface area contributed by atoms with Gasteiger partial charge in [-0.3, -0.25) is 4.79 Å². The Morgan fingerprint density at radius 1 is 1.85 bits per heavy atom. The number of nitriles is 1. The highest BCUT2D eigenvalue weighted by molar-refractivity contribution is 7.15. The number of nitrogens with one attached hydrogen (secondary N) is 1. The van der Waals surface area contributed by atoms with E-state index in [1.165, 1.54) is 11.3 Å². The van der Waals surface area contributed by atoms with E-state index in [4.69, 9.17) is 16.9 Å². The first kappa shape index (κ1) is 9.96. The Kier molecular flexibility index (Phi) is 3.23. The lowest BCUT2D eigenvalue weighted by Crippen LogP contribution is -2.24. The molecule has 1 aromatic heterocycles. The zero-order valence-corrected chi connectivity index (χ0v) is 8.37. The molecule has 0 aliphatic carbocycles. The average molecular weight is 216 g/mol. The van der Waals surface area contributed by atoms with Gasteiger partial charge in [-0.2, -0.15) is 5.26 Å². The monoisotopic (exact) mass is 215 g/mol. The highest BCUT2D eigenvalue weighted by Gasteiger charge is 2.13. The first-order chi connectivity index (χ1) is 6.15. The molecule has 0 saturated heterocycles. The van der Waals surface area contributed by atoms with Crippen LogP contribution in [0.5, 0.6) is 0 Å². The lowest BCUT2D eigenvalue weighted by Gasteiger charge is -1.96. The molecule has 1 amide bonds. The van der Waals surface area contributed by atoms with Gasteiger partial charge in [0.05, 0.1) is 6.07 Å². The molecular weight excluding hydrogens is 210 g/mol. The Labute approximate surface area is 84.2 Å². The predicted molar refractivity (Wildman–Crippen MR) is 49.8 cm³/mol. The van der Waals surface area contributed by atoms with Gasteiger partial charge in [0.2, 0.25) is 0 Å². The maximum absolute atomic E-state index is 11.3. The van der Waals surface area contributed by atoms with E-state index in [1.807, 2.05) is 0 Å². The van der Waals surface area contributed by atoms with E-state index < -0.39 is 0 Å². The maximum atomic E-state index is 11.3. The number of thiazole rings is 1. The van der Waals surface area contributed by atoms with E-state index in [0.717, 1.165) is 4.88 Å². The minimum absolute atomic E-state index is 0.0204. The molecule has 1 N–H and O–H groups in total. The van der Waals surface area contributed by atoms with Gasteiger partial charge in [-0.1, -0.05) is 11.6 Å². The van der Waals surface area contributed by atoms with Crippen LogP contribution in [0.1, 0.15) is 15.4 Å². The SMILES string of the molecule is Cc1sc(Cl)nc1C(=O)NCC#N. The third kappa shape index (κ3) is 2.41. The number of halogens is 1. The molecule has 0 aliphatic heterocycles. The van der Waals surface area contributed by atoms with Crippen molar-refractivity contribution in [3.05, 3.63) is 15.0 Å². The first-order valence-corrected chi connectivity index (χ1v) is 4.62. The zero-order valence-electron chi connectivity index (χ0n) is 6.80. The molecule has 0 spiro atoms. The van der Waals surface area contributed by atoms with Crippen molar-refractivity contribution in [3.8, 4) is 6.07 Å². The van der Waals surface area contributed by atoms with Gasteiger partial charge >= 0.3 is 0 Å². The average Bonchev–Trinajstić information content (AvgIpc) is 2.41. The summed E-state index contributed by atoms with van der Waals surface area (Å²) in [4.78, 5) is 15.8. The fourth-order valence-electron chi connectivity index (χ4n) is 0.778. The summed E-state index contributed by atoms with van der Waals surface area (Å²) in [6, 6.07) is 1.81. The van der Waals surface area contributed by atoms with Crippen LogP contribution in [0.4, 0.5) is 0 Å². The molecule has 0 fully saturated rings. The molecule has 68 valence electrons. The quantitative estimate of drug-likeness (QED) is 0.758. The van der Waals surface area contributed by atoms with Crippen LogP contribution in [-0.4, -0.2) is 17.4 Å². The summed E-state index contributed by atoms with van der Waals surface area (Å²) in [6.07, 6.45) is 0. The molecule has 1 rings (SSSR count). The van der Waals surface area contributed by atoms with Crippen LogP contribution in [0.2, 0.25) is 4.47 Å². The fraction of sp³-hybridized carbons (Fsp3) is 0.286. The number of aryl methyl sites for hydroxylation is 1. The van der Waals surface area contributed by atoms with Crippen molar-refractivity contribution in [2.45, 2.75) is 6.92 Å². The van der Waals surface area contributed by atoms with Crippen molar-refractivity contribution in [1.82, 2.24) is 10.3 Å². The molecule has 1 heterocycles. The van der Waals surface area contributed by atoms with Gasteiger partial charge in [-0.05, 0) is 6.92 Å². The van der Waals surface area contributed by atoms with Crippen LogP contribution in [-0.2, 0) is 0 Å². The van der Waals surface area contributed by atoms with Gasteiger partial charge in [0.15, 0.2) is 4.47 Å². The second kappa shape index (κ2) is 4.21. The lowest BCUT2D eigenvalue weighted by atomic mass is 10.3. The first-order valence-electron chi connectivity index (χ1n) is 3.43. The minimum atomic E-state index is -0.359. The van der Waals surface area contributed by atoms with E-state index in [-0.39, 0.29) is 12.5 Å². The third-order valence-corrected chi connectivity index (χ3v) is 2.39. The lowest BCUT2D eigenvalue weighted by molar-refractivity contribution is 0.0953. The smallest absolute Gasteiger partial charge is 0.271 e. The van der Waals surface area contributed by atoms with Crippen molar-refractivity contribution in [3.63, 3.8) is 0 Å². The fourth-order valence-corrected chi connectivity index (χ4v) is 1.83. The van der Waals surface area contributed by atoms with E-state index in [1.54, 1.807) is 13.0 Å². The largest absolute Gasteiger partial charge is 0.338 e. The summed E-state index contributed by atoms with van der Waals surface area (Å²) in [5.41, 5.74) is 0.297. The summed E-state index contributed by atoms with van der Waals surface area (Å²) in [6.45, 7) is 1.73. The van der Waals surface area contributed by atoms with Crippen LogP contribution in [0.3, 0.4) is 0 Å². The summed E-state index contributed by atoms with van der Waals surface area (Å²) in [5, 5.41) is 10.6. The standard InChI is InChI=1S/C7H6ClN3OS/c1-4-5(11-7(8)13-4)6(12)10-3-2-9/h3H2,1H3,(H,10,12). The van der Waals surface area contributed by atoms with E-state index in [2.05, 4.69) is 10.3 Å². The van der Waals surface area contributed by atoms with Crippen molar-refractivity contribution in [2.75, 3.05) is 6.54 Å². The molecule has 0 unspecified atom stereocenters. The Balaban J connectivity index is 2.78. The predicted octanol–water partition coefficient (Wildman–Crippen LogP) is 1.36. The number of hydrogen-bond donors (Lipinski definition) is 1. The van der Waals surface area contributed by atoms with Gasteiger partial charge < -0.3 is 5.32 Å². The maximum Gasteiger partial charge on any atom is 0.271 e. The van der Waals surface area contributed by atoms with Crippen LogP contribution in [0.25, 0.3) is 0 Å². The third-order valence-electron chi connectivity index (χ3n) is 1.31. The number of carbonyl (C=O) groups excluding carboxylic acids is 1. The number of aromatic nitrogens is 1. The summed E-state index contributed by atoms with van der Waals surface area (Å²) in [7, 11) is 0. The van der Waals surface area contributed by atoms with Gasteiger partial charge in [0.25, 0.3) is 5.91 Å². The van der Waals surface area contributed by atoms with Crippen LogP contribution >= 0.6 is 22.9 Å². The molecular formula is C7H6ClN3OS. The van der Waals surface area contributed by atoms with E-state index in [9.17, 15) is 4.79 Å². The molecule has 0 bridgehead atoms. The molecule has 0 saturated carbocycles. The van der Waals surface area contributed by atoms with Crippen molar-refractivity contribution in [1.29, 1.82) is 5.26 Å². The molecule has 0 atom stereocenters. The van der Waals surface area contributed by atoms with Gasteiger partial charge in [-0.15, -0.1) is 11.3 Å². The van der Waals surface area contributed by atoms with Crippen LogP contribution in [0.15, 0.2) is 0 Å². The van der Waals surface area contributed by atoms with Gasteiger partial charge in [0, 0.05) is 4.88 Å². The summed E-state index contributed by atoms with van der Waals surface area (Å²) in [5.74, 6) is -0.359. The number of amides is 1. The molecule has 13 heavy (non-hydrogen) atoms. The molecule has 0 aliphatic rings. The van der Waals surface area contributed by atoms with Crippen molar-refractivity contribution in [2.24, 2.45) is 0 Å². The van der Waals surface area contributed by atoms with Crippen LogP contribution < -0.4 is 5.32 Å². The Morgan fingerprint density at radius 2 is 2.54 bits per heavy atom. The minimum Gasteiger partial charge on any atom is -0.338 e. The van der Waals surface area contributed by atoms with E-state index >= 15 is 0 Å². The topological polar surface area (TPSA) is 65.8 Å². The molecule has 4 nitrogen and oxygen atoms in total. The second-order valence-corrected chi connectivity index (χ2v) is 4.00. The van der Waals surface area contributed by atoms with Crippen molar-refractivity contribution >= 4 is 28.8 Å². The molecule has 1 aromatic rings. The number of rotatable bonds is 2. The summed E-state index contributed by atoms with van der Waals surface area (Å²) < 4.78 is 0.333. The molecule has 0 aromatic carbocycles. The Bertz CT molecular complexity index is 368. The number of carbonyl (C=O) groups is 1. The number of hydrogen-bond acceptors (Lipinski definition) is 4. The van der Waals surface area contributed by atoms with Gasteiger partial charge in [-0.25, -0.2) is 4.98 Å². The second-order valence-electron chi connectivity index (χ2n) is 2.21.